The molecule has 94 valence electrons. The second-order valence-electron chi connectivity index (χ2n) is 3.96. The van der Waals surface area contributed by atoms with Crippen molar-refractivity contribution in [3.63, 3.8) is 0 Å². The third-order valence-corrected chi connectivity index (χ3v) is 3.40. The fourth-order valence-electron chi connectivity index (χ4n) is 1.53. The summed E-state index contributed by atoms with van der Waals surface area (Å²) in [4.78, 5) is 0. The number of hydrogen-bond acceptors (Lipinski definition) is 2. The molecule has 0 radical (unpaired) electrons. The van der Waals surface area contributed by atoms with Crippen LogP contribution >= 0.6 is 27.5 Å². The fourth-order valence-corrected chi connectivity index (χ4v) is 2.35. The molecule has 0 saturated heterocycles. The molecule has 0 unspecified atom stereocenters. The Kier molecular flexibility index (Phi) is 4.27. The molecule has 0 aliphatic carbocycles. The molecule has 0 aliphatic heterocycles. The van der Waals surface area contributed by atoms with Crippen LogP contribution in [0.25, 0.3) is 0 Å². The van der Waals surface area contributed by atoms with Crippen LogP contribution in [0.5, 0.6) is 11.5 Å². The lowest BCUT2D eigenvalue weighted by molar-refractivity contribution is 0.281. The van der Waals surface area contributed by atoms with Crippen LogP contribution in [-0.4, -0.2) is 5.11 Å². The SMILES string of the molecule is Cc1ccc(Oc2ccc(CO)cc2Cl)c(Br)c1. The average molecular weight is 328 g/mol. The van der Waals surface area contributed by atoms with Crippen LogP contribution in [0.2, 0.25) is 5.02 Å². The Balaban J connectivity index is 2.28. The third-order valence-electron chi connectivity index (χ3n) is 2.49. The molecule has 2 nitrogen and oxygen atoms in total. The Bertz CT molecular complexity index is 570. The van der Waals surface area contributed by atoms with E-state index in [1.807, 2.05) is 25.1 Å². The van der Waals surface area contributed by atoms with E-state index in [1.54, 1.807) is 18.2 Å². The Morgan fingerprint density at radius 1 is 1.17 bits per heavy atom. The average Bonchev–Trinajstić information content (AvgIpc) is 2.34. The highest BCUT2D eigenvalue weighted by molar-refractivity contribution is 9.10. The van der Waals surface area contributed by atoms with Crippen LogP contribution in [0.3, 0.4) is 0 Å². The third kappa shape index (κ3) is 3.05. The van der Waals surface area contributed by atoms with Gasteiger partial charge in [-0.25, -0.2) is 0 Å². The van der Waals surface area contributed by atoms with Crippen LogP contribution in [-0.2, 0) is 6.61 Å². The van der Waals surface area contributed by atoms with Crippen molar-refractivity contribution < 1.29 is 9.84 Å². The minimum atomic E-state index is -0.0335. The number of aliphatic hydroxyl groups is 1. The van der Waals surface area contributed by atoms with E-state index in [0.717, 1.165) is 15.6 Å². The predicted octanol–water partition coefficient (Wildman–Crippen LogP) is 4.70. The lowest BCUT2D eigenvalue weighted by atomic mass is 10.2. The first-order valence-electron chi connectivity index (χ1n) is 5.43. The molecule has 0 aliphatic rings. The molecule has 1 N–H and O–H groups in total. The highest BCUT2D eigenvalue weighted by atomic mass is 79.9. The van der Waals surface area contributed by atoms with Crippen molar-refractivity contribution in [2.24, 2.45) is 0 Å². The number of aryl methyl sites for hydroxylation is 1. The molecule has 0 aromatic heterocycles. The highest BCUT2D eigenvalue weighted by Gasteiger charge is 2.07. The maximum atomic E-state index is 9.01. The van der Waals surface area contributed by atoms with E-state index in [9.17, 15) is 0 Å². The van der Waals surface area contributed by atoms with Gasteiger partial charge in [0.25, 0.3) is 0 Å². The van der Waals surface area contributed by atoms with Crippen molar-refractivity contribution in [1.82, 2.24) is 0 Å². The van der Waals surface area contributed by atoms with Crippen molar-refractivity contribution >= 4 is 27.5 Å². The van der Waals surface area contributed by atoms with Gasteiger partial charge >= 0.3 is 0 Å². The number of rotatable bonds is 3. The van der Waals surface area contributed by atoms with Gasteiger partial charge in [-0.15, -0.1) is 0 Å². The van der Waals surface area contributed by atoms with Gasteiger partial charge < -0.3 is 9.84 Å². The summed E-state index contributed by atoms with van der Waals surface area (Å²) in [5.41, 5.74) is 1.91. The van der Waals surface area contributed by atoms with Gasteiger partial charge in [0.1, 0.15) is 11.5 Å². The normalized spacial score (nSPS) is 10.4. The van der Waals surface area contributed by atoms with Gasteiger partial charge in [0.2, 0.25) is 0 Å². The molecular weight excluding hydrogens is 316 g/mol. The fraction of sp³-hybridized carbons (Fsp3) is 0.143. The molecule has 0 spiro atoms. The zero-order valence-electron chi connectivity index (χ0n) is 9.78. The molecule has 4 heteroatoms. The molecule has 18 heavy (non-hydrogen) atoms. The zero-order chi connectivity index (χ0) is 13.1. The van der Waals surface area contributed by atoms with Crippen molar-refractivity contribution in [3.05, 3.63) is 57.0 Å². The summed E-state index contributed by atoms with van der Waals surface area (Å²) in [6, 6.07) is 11.1. The quantitative estimate of drug-likeness (QED) is 0.885. The van der Waals surface area contributed by atoms with Gasteiger partial charge in [-0.05, 0) is 58.2 Å². The van der Waals surface area contributed by atoms with Gasteiger partial charge in [0.15, 0.2) is 0 Å². The van der Waals surface area contributed by atoms with Gasteiger partial charge in [-0.1, -0.05) is 23.7 Å². The molecule has 0 saturated carbocycles. The highest BCUT2D eigenvalue weighted by Crippen LogP contribution is 2.34. The van der Waals surface area contributed by atoms with Crippen molar-refractivity contribution in [2.45, 2.75) is 13.5 Å². The molecule has 0 amide bonds. The number of ether oxygens (including phenoxy) is 1. The topological polar surface area (TPSA) is 29.5 Å². The van der Waals surface area contributed by atoms with Gasteiger partial charge in [0.05, 0.1) is 16.1 Å². The first-order chi connectivity index (χ1) is 8.60. The number of halogens is 2. The molecule has 0 heterocycles. The Hall–Kier alpha value is -1.03. The second kappa shape index (κ2) is 5.74. The summed E-state index contributed by atoms with van der Waals surface area (Å²) in [7, 11) is 0. The summed E-state index contributed by atoms with van der Waals surface area (Å²) < 4.78 is 6.61. The number of hydrogen-bond donors (Lipinski definition) is 1. The molecule has 0 bridgehead atoms. The molecule has 2 rings (SSSR count). The summed E-state index contributed by atoms with van der Waals surface area (Å²) >= 11 is 9.54. The smallest absolute Gasteiger partial charge is 0.146 e. The minimum Gasteiger partial charge on any atom is -0.455 e. The Morgan fingerprint density at radius 3 is 2.50 bits per heavy atom. The van der Waals surface area contributed by atoms with Crippen LogP contribution < -0.4 is 4.74 Å². The first kappa shape index (κ1) is 13.4. The standard InChI is InChI=1S/C14H12BrClO2/c1-9-2-4-13(11(15)6-9)18-14-5-3-10(8-17)7-12(14)16/h2-7,17H,8H2,1H3. The maximum Gasteiger partial charge on any atom is 0.146 e. The summed E-state index contributed by atoms with van der Waals surface area (Å²) in [5.74, 6) is 1.28. The lowest BCUT2D eigenvalue weighted by Crippen LogP contribution is -1.89. The molecular formula is C14H12BrClO2. The van der Waals surface area contributed by atoms with E-state index in [4.69, 9.17) is 21.4 Å². The monoisotopic (exact) mass is 326 g/mol. The summed E-state index contributed by atoms with van der Waals surface area (Å²) in [5, 5.41) is 9.49. The summed E-state index contributed by atoms with van der Waals surface area (Å²) in [6.45, 7) is 1.98. The van der Waals surface area contributed by atoms with Crippen LogP contribution in [0, 0.1) is 6.92 Å². The zero-order valence-corrected chi connectivity index (χ0v) is 12.1. The van der Waals surface area contributed by atoms with E-state index in [1.165, 1.54) is 0 Å². The van der Waals surface area contributed by atoms with Gasteiger partial charge in [-0.3, -0.25) is 0 Å². The van der Waals surface area contributed by atoms with E-state index >= 15 is 0 Å². The van der Waals surface area contributed by atoms with E-state index in [-0.39, 0.29) is 6.61 Å². The molecule has 2 aromatic carbocycles. The molecule has 0 atom stereocenters. The number of benzene rings is 2. The van der Waals surface area contributed by atoms with Gasteiger partial charge in [-0.2, -0.15) is 0 Å². The Labute approximate surface area is 119 Å². The lowest BCUT2D eigenvalue weighted by Gasteiger charge is -2.10. The van der Waals surface area contributed by atoms with Crippen LogP contribution in [0.4, 0.5) is 0 Å². The van der Waals surface area contributed by atoms with E-state index in [0.29, 0.717) is 16.5 Å². The van der Waals surface area contributed by atoms with Crippen molar-refractivity contribution in [2.75, 3.05) is 0 Å². The van der Waals surface area contributed by atoms with Crippen LogP contribution in [0.15, 0.2) is 40.9 Å². The minimum absolute atomic E-state index is 0.0335. The van der Waals surface area contributed by atoms with Crippen LogP contribution in [0.1, 0.15) is 11.1 Å². The van der Waals surface area contributed by atoms with Crippen molar-refractivity contribution in [3.8, 4) is 11.5 Å². The number of aliphatic hydroxyl groups excluding tert-OH is 1. The molecule has 2 aromatic rings. The first-order valence-corrected chi connectivity index (χ1v) is 6.60. The van der Waals surface area contributed by atoms with E-state index < -0.39 is 0 Å². The second-order valence-corrected chi connectivity index (χ2v) is 5.22. The van der Waals surface area contributed by atoms with E-state index in [2.05, 4.69) is 15.9 Å². The van der Waals surface area contributed by atoms with Gasteiger partial charge in [0, 0.05) is 0 Å². The maximum absolute atomic E-state index is 9.01. The largest absolute Gasteiger partial charge is 0.455 e. The molecule has 0 fully saturated rings. The Morgan fingerprint density at radius 2 is 1.89 bits per heavy atom. The summed E-state index contributed by atoms with van der Waals surface area (Å²) in [6.07, 6.45) is 0. The van der Waals surface area contributed by atoms with Crippen molar-refractivity contribution in [1.29, 1.82) is 0 Å². The predicted molar refractivity (Wildman–Crippen MR) is 76.3 cm³/mol.